The monoisotopic (exact) mass is 175 g/mol. The Balaban J connectivity index is 2.18. The van der Waals surface area contributed by atoms with E-state index in [1.54, 1.807) is 7.05 Å². The van der Waals surface area contributed by atoms with E-state index >= 15 is 0 Å². The number of hydrogen-bond donors (Lipinski definition) is 1. The van der Waals surface area contributed by atoms with Crippen LogP contribution in [0.3, 0.4) is 0 Å². The van der Waals surface area contributed by atoms with Crippen molar-refractivity contribution in [3.05, 3.63) is 35.4 Å². The lowest BCUT2D eigenvalue weighted by molar-refractivity contribution is -0.124. The molecule has 0 atom stereocenters. The number of benzene rings is 1. The van der Waals surface area contributed by atoms with Gasteiger partial charge in [-0.3, -0.25) is 4.79 Å². The van der Waals surface area contributed by atoms with Crippen LogP contribution in [0.2, 0.25) is 0 Å². The molecule has 0 radical (unpaired) electrons. The maximum absolute atomic E-state index is 11.4. The zero-order valence-corrected chi connectivity index (χ0v) is 7.71. The van der Waals surface area contributed by atoms with Crippen LogP contribution < -0.4 is 5.32 Å². The summed E-state index contributed by atoms with van der Waals surface area (Å²) >= 11 is 0. The minimum Gasteiger partial charge on any atom is -0.359 e. The van der Waals surface area contributed by atoms with Crippen molar-refractivity contribution in [3.8, 4) is 0 Å². The van der Waals surface area contributed by atoms with E-state index < -0.39 is 0 Å². The van der Waals surface area contributed by atoms with Crippen molar-refractivity contribution in [2.75, 3.05) is 7.05 Å². The molecular formula is C11H13NO. The summed E-state index contributed by atoms with van der Waals surface area (Å²) in [5.41, 5.74) is 2.66. The predicted molar refractivity (Wildman–Crippen MR) is 51.4 cm³/mol. The second kappa shape index (κ2) is 3.21. The van der Waals surface area contributed by atoms with Gasteiger partial charge in [-0.25, -0.2) is 0 Å². The normalized spacial score (nSPS) is 15.5. The van der Waals surface area contributed by atoms with Crippen LogP contribution in [0.15, 0.2) is 24.3 Å². The Morgan fingerprint density at radius 3 is 2.31 bits per heavy atom. The largest absolute Gasteiger partial charge is 0.359 e. The van der Waals surface area contributed by atoms with Gasteiger partial charge in [0.05, 0.1) is 0 Å². The van der Waals surface area contributed by atoms with E-state index in [1.165, 1.54) is 11.1 Å². The molecule has 0 aliphatic heterocycles. The van der Waals surface area contributed by atoms with Gasteiger partial charge in [-0.1, -0.05) is 24.3 Å². The molecule has 2 heteroatoms. The van der Waals surface area contributed by atoms with Crippen LogP contribution in [-0.2, 0) is 17.6 Å². The van der Waals surface area contributed by atoms with Crippen molar-refractivity contribution in [2.45, 2.75) is 12.8 Å². The minimum atomic E-state index is 0.155. The summed E-state index contributed by atoms with van der Waals surface area (Å²) in [6.07, 6.45) is 1.80. The van der Waals surface area contributed by atoms with Gasteiger partial charge in [-0.2, -0.15) is 0 Å². The maximum atomic E-state index is 11.4. The van der Waals surface area contributed by atoms with Gasteiger partial charge in [-0.05, 0) is 24.0 Å². The highest BCUT2D eigenvalue weighted by Crippen LogP contribution is 2.26. The molecule has 13 heavy (non-hydrogen) atoms. The summed E-state index contributed by atoms with van der Waals surface area (Å²) in [4.78, 5) is 11.4. The molecule has 68 valence electrons. The first-order valence-electron chi connectivity index (χ1n) is 4.59. The highest BCUT2D eigenvalue weighted by atomic mass is 16.1. The molecule has 0 unspecified atom stereocenters. The van der Waals surface area contributed by atoms with Crippen LogP contribution in [0.4, 0.5) is 0 Å². The number of fused-ring (bicyclic) bond motifs is 1. The first-order chi connectivity index (χ1) is 6.31. The second-order valence-electron chi connectivity index (χ2n) is 3.49. The molecule has 0 saturated heterocycles. The van der Waals surface area contributed by atoms with Crippen LogP contribution in [0.5, 0.6) is 0 Å². The van der Waals surface area contributed by atoms with Gasteiger partial charge in [0.25, 0.3) is 0 Å². The fraction of sp³-hybridized carbons (Fsp3) is 0.364. The van der Waals surface area contributed by atoms with Crippen LogP contribution in [0.25, 0.3) is 0 Å². The van der Waals surface area contributed by atoms with Gasteiger partial charge >= 0.3 is 0 Å². The van der Waals surface area contributed by atoms with E-state index in [2.05, 4.69) is 17.4 Å². The highest BCUT2D eigenvalue weighted by molar-refractivity contribution is 5.79. The lowest BCUT2D eigenvalue weighted by Crippen LogP contribution is -2.27. The van der Waals surface area contributed by atoms with Crippen LogP contribution in [0.1, 0.15) is 11.1 Å². The summed E-state index contributed by atoms with van der Waals surface area (Å²) < 4.78 is 0. The van der Waals surface area contributed by atoms with Gasteiger partial charge < -0.3 is 5.32 Å². The molecule has 1 aromatic carbocycles. The molecule has 1 N–H and O–H groups in total. The Bertz CT molecular complexity index is 308. The summed E-state index contributed by atoms with van der Waals surface area (Å²) in [7, 11) is 1.70. The first-order valence-corrected chi connectivity index (χ1v) is 4.59. The van der Waals surface area contributed by atoms with Crippen molar-refractivity contribution in [1.29, 1.82) is 0 Å². The average molecular weight is 175 g/mol. The Morgan fingerprint density at radius 1 is 1.31 bits per heavy atom. The first kappa shape index (κ1) is 8.30. The zero-order chi connectivity index (χ0) is 9.26. The third kappa shape index (κ3) is 1.44. The topological polar surface area (TPSA) is 29.1 Å². The van der Waals surface area contributed by atoms with Gasteiger partial charge in [0.15, 0.2) is 0 Å². The molecule has 0 bridgehead atoms. The van der Waals surface area contributed by atoms with Crippen LogP contribution in [0, 0.1) is 5.92 Å². The second-order valence-corrected chi connectivity index (χ2v) is 3.49. The molecule has 2 rings (SSSR count). The fourth-order valence-corrected chi connectivity index (χ4v) is 1.95. The van der Waals surface area contributed by atoms with Crippen molar-refractivity contribution in [3.63, 3.8) is 0 Å². The quantitative estimate of drug-likeness (QED) is 0.681. The number of amides is 1. The maximum Gasteiger partial charge on any atom is 0.223 e. The fourth-order valence-electron chi connectivity index (χ4n) is 1.95. The molecule has 0 heterocycles. The molecular weight excluding hydrogens is 162 g/mol. The number of nitrogens with one attached hydrogen (secondary N) is 1. The van der Waals surface area contributed by atoms with E-state index in [0.29, 0.717) is 0 Å². The molecule has 1 aliphatic rings. The summed E-state index contributed by atoms with van der Waals surface area (Å²) in [6.45, 7) is 0. The third-order valence-electron chi connectivity index (χ3n) is 2.67. The zero-order valence-electron chi connectivity index (χ0n) is 7.71. The van der Waals surface area contributed by atoms with E-state index in [4.69, 9.17) is 0 Å². The number of rotatable bonds is 1. The van der Waals surface area contributed by atoms with Gasteiger partial charge in [0.1, 0.15) is 0 Å². The number of carbonyl (C=O) groups is 1. The molecule has 2 nitrogen and oxygen atoms in total. The minimum absolute atomic E-state index is 0.155. The molecule has 0 fully saturated rings. The Labute approximate surface area is 78.0 Å². The Morgan fingerprint density at radius 2 is 1.85 bits per heavy atom. The summed E-state index contributed by atoms with van der Waals surface area (Å²) in [6, 6.07) is 8.28. The highest BCUT2D eigenvalue weighted by Gasteiger charge is 2.25. The summed E-state index contributed by atoms with van der Waals surface area (Å²) in [5.74, 6) is 0.318. The number of hydrogen-bond acceptors (Lipinski definition) is 1. The predicted octanol–water partition coefficient (Wildman–Crippen LogP) is 1.15. The summed E-state index contributed by atoms with van der Waals surface area (Å²) in [5, 5.41) is 2.70. The molecule has 0 saturated carbocycles. The smallest absolute Gasteiger partial charge is 0.223 e. The SMILES string of the molecule is CNC(=O)C1Cc2ccccc2C1. The lowest BCUT2D eigenvalue weighted by atomic mass is 10.1. The molecule has 1 aliphatic carbocycles. The third-order valence-corrected chi connectivity index (χ3v) is 2.67. The molecule has 1 amide bonds. The Kier molecular flexibility index (Phi) is 2.05. The van der Waals surface area contributed by atoms with Crippen molar-refractivity contribution >= 4 is 5.91 Å². The van der Waals surface area contributed by atoms with E-state index in [-0.39, 0.29) is 11.8 Å². The van der Waals surface area contributed by atoms with Gasteiger partial charge in [0.2, 0.25) is 5.91 Å². The molecule has 1 aromatic rings. The van der Waals surface area contributed by atoms with Crippen molar-refractivity contribution < 1.29 is 4.79 Å². The lowest BCUT2D eigenvalue weighted by Gasteiger charge is -2.05. The standard InChI is InChI=1S/C11H13NO/c1-12-11(13)10-6-8-4-2-3-5-9(8)7-10/h2-5,10H,6-7H2,1H3,(H,12,13). The van der Waals surface area contributed by atoms with E-state index in [1.807, 2.05) is 12.1 Å². The molecule has 0 aromatic heterocycles. The molecule has 0 spiro atoms. The van der Waals surface area contributed by atoms with Gasteiger partial charge in [-0.15, -0.1) is 0 Å². The number of carbonyl (C=O) groups excluding carboxylic acids is 1. The average Bonchev–Trinajstić information content (AvgIpc) is 2.59. The van der Waals surface area contributed by atoms with Crippen molar-refractivity contribution in [2.24, 2.45) is 5.92 Å². The van der Waals surface area contributed by atoms with Crippen LogP contribution >= 0.6 is 0 Å². The Hall–Kier alpha value is -1.31. The van der Waals surface area contributed by atoms with Crippen molar-refractivity contribution in [1.82, 2.24) is 5.32 Å². The van der Waals surface area contributed by atoms with E-state index in [9.17, 15) is 4.79 Å². The van der Waals surface area contributed by atoms with E-state index in [0.717, 1.165) is 12.8 Å². The van der Waals surface area contributed by atoms with Gasteiger partial charge in [0, 0.05) is 13.0 Å². The van der Waals surface area contributed by atoms with Crippen LogP contribution in [-0.4, -0.2) is 13.0 Å².